The molecular weight excluding hydrogens is 376 g/mol. The molecule has 1 fully saturated rings. The van der Waals surface area contributed by atoms with E-state index in [4.69, 9.17) is 18.9 Å². The summed E-state index contributed by atoms with van der Waals surface area (Å²) >= 11 is 0. The third-order valence-corrected chi connectivity index (χ3v) is 5.53. The number of morpholine rings is 1. The quantitative estimate of drug-likeness (QED) is 0.613. The minimum atomic E-state index is 0.638. The number of nitrogens with zero attached hydrogens (tertiary/aromatic N) is 1. The van der Waals surface area contributed by atoms with E-state index in [-0.39, 0.29) is 0 Å². The van der Waals surface area contributed by atoms with Gasteiger partial charge < -0.3 is 18.8 Å². The van der Waals surface area contributed by atoms with E-state index in [0.29, 0.717) is 6.61 Å². The Morgan fingerprint density at radius 1 is 1.03 bits per heavy atom. The zero-order valence-electron chi connectivity index (χ0n) is 17.9. The van der Waals surface area contributed by atoms with Gasteiger partial charge >= 0.3 is 0 Å². The summed E-state index contributed by atoms with van der Waals surface area (Å²) in [5.41, 5.74) is 3.12. The third-order valence-electron chi connectivity index (χ3n) is 5.53. The van der Waals surface area contributed by atoms with Gasteiger partial charge in [-0.05, 0) is 32.0 Å². The largest absolute Gasteiger partial charge is 0.494 e. The van der Waals surface area contributed by atoms with Gasteiger partial charge in [0.2, 0.25) is 0 Å². The van der Waals surface area contributed by atoms with Crippen LogP contribution >= 0.6 is 0 Å². The molecule has 1 aliphatic heterocycles. The van der Waals surface area contributed by atoms with Gasteiger partial charge in [0.05, 0.1) is 31.7 Å². The molecule has 1 N–H and O–H groups in total. The number of hydrogen-bond donors (Lipinski definition) is 1. The third kappa shape index (κ3) is 5.10. The molecule has 0 radical (unpaired) electrons. The van der Waals surface area contributed by atoms with Crippen LogP contribution in [0.1, 0.15) is 18.9 Å². The molecule has 1 aliphatic rings. The Balaban J connectivity index is 1.64. The van der Waals surface area contributed by atoms with E-state index in [1.54, 1.807) is 4.90 Å². The first-order chi connectivity index (χ1) is 14.7. The molecule has 0 saturated carbocycles. The van der Waals surface area contributed by atoms with Crippen molar-refractivity contribution in [2.75, 3.05) is 46.0 Å². The van der Waals surface area contributed by atoms with Crippen molar-refractivity contribution >= 4 is 11.0 Å². The Hall–Kier alpha value is -2.63. The smallest absolute Gasteiger partial charge is 0.137 e. The Kier molecular flexibility index (Phi) is 6.82. The molecule has 3 aromatic rings. The zero-order valence-corrected chi connectivity index (χ0v) is 17.9. The van der Waals surface area contributed by atoms with Gasteiger partial charge in [-0.25, -0.2) is 0 Å². The van der Waals surface area contributed by atoms with Crippen molar-refractivity contribution < 1.29 is 18.8 Å². The van der Waals surface area contributed by atoms with E-state index in [2.05, 4.69) is 37.3 Å². The highest BCUT2D eigenvalue weighted by atomic mass is 16.5. The second-order valence-corrected chi connectivity index (χ2v) is 7.80. The van der Waals surface area contributed by atoms with Crippen molar-refractivity contribution in [1.29, 1.82) is 0 Å². The lowest BCUT2D eigenvalue weighted by Gasteiger charge is -2.23. The molecule has 2 aromatic carbocycles. The number of aryl methyl sites for hydroxylation is 1. The maximum atomic E-state index is 6.23. The molecule has 0 amide bonds. The topological polar surface area (TPSA) is 48.4 Å². The molecule has 5 heteroatoms. The standard InChI is InChI=1S/C25H30N2O3/c1-3-29-21-9-10-24-22(17-21)23(26-11-4-12-27-13-15-28-16-14-27)18-25(30-24)20-7-5-19(2)6-8-20/h5-10,17-18H,3-4,11-16H2,1-2H3/p+1. The lowest BCUT2D eigenvalue weighted by atomic mass is 10.1. The van der Waals surface area contributed by atoms with Gasteiger partial charge in [-0.3, -0.25) is 4.99 Å². The molecule has 0 unspecified atom stereocenters. The predicted molar refractivity (Wildman–Crippen MR) is 119 cm³/mol. The summed E-state index contributed by atoms with van der Waals surface area (Å²) in [7, 11) is 0. The first-order valence-electron chi connectivity index (χ1n) is 10.9. The summed E-state index contributed by atoms with van der Waals surface area (Å²) < 4.78 is 17.4. The van der Waals surface area contributed by atoms with Crippen molar-refractivity contribution in [3.05, 3.63) is 59.5 Å². The molecule has 0 atom stereocenters. The van der Waals surface area contributed by atoms with E-state index < -0.39 is 0 Å². The Morgan fingerprint density at radius 2 is 1.83 bits per heavy atom. The maximum Gasteiger partial charge on any atom is 0.137 e. The molecule has 2 heterocycles. The zero-order chi connectivity index (χ0) is 20.8. The van der Waals surface area contributed by atoms with Crippen molar-refractivity contribution in [1.82, 2.24) is 0 Å². The monoisotopic (exact) mass is 407 g/mol. The summed E-state index contributed by atoms with van der Waals surface area (Å²) in [6.45, 7) is 10.6. The predicted octanol–water partition coefficient (Wildman–Crippen LogP) is 3.01. The first kappa shape index (κ1) is 20.6. The second-order valence-electron chi connectivity index (χ2n) is 7.80. The highest BCUT2D eigenvalue weighted by molar-refractivity contribution is 5.80. The van der Waals surface area contributed by atoms with Crippen LogP contribution in [-0.2, 0) is 4.74 Å². The number of rotatable bonds is 7. The normalized spacial score (nSPS) is 15.6. The van der Waals surface area contributed by atoms with Crippen LogP contribution in [0.25, 0.3) is 22.3 Å². The highest BCUT2D eigenvalue weighted by Gasteiger charge is 2.12. The number of nitrogens with one attached hydrogen (secondary N) is 1. The molecule has 0 spiro atoms. The summed E-state index contributed by atoms with van der Waals surface area (Å²) in [5, 5.41) is 1.96. The van der Waals surface area contributed by atoms with Gasteiger partial charge in [-0.1, -0.05) is 29.8 Å². The SMILES string of the molecule is CCOc1ccc2oc(-c3ccc(C)cc3)cc(=NCCC[NH+]3CCOCC3)c2c1. The molecule has 5 nitrogen and oxygen atoms in total. The summed E-state index contributed by atoms with van der Waals surface area (Å²) in [6.07, 6.45) is 1.06. The fourth-order valence-electron chi connectivity index (χ4n) is 3.83. The number of hydrogen-bond acceptors (Lipinski definition) is 4. The lowest BCUT2D eigenvalue weighted by molar-refractivity contribution is -0.908. The average molecular weight is 408 g/mol. The Bertz CT molecular complexity index is 1030. The van der Waals surface area contributed by atoms with E-state index >= 15 is 0 Å². The van der Waals surface area contributed by atoms with Gasteiger partial charge in [0.1, 0.15) is 30.2 Å². The van der Waals surface area contributed by atoms with Gasteiger partial charge in [0, 0.05) is 30.0 Å². The van der Waals surface area contributed by atoms with E-state index in [1.165, 1.54) is 5.56 Å². The van der Waals surface area contributed by atoms with Crippen LogP contribution in [-0.4, -0.2) is 46.0 Å². The minimum absolute atomic E-state index is 0.638. The van der Waals surface area contributed by atoms with Gasteiger partial charge in [-0.15, -0.1) is 0 Å². The van der Waals surface area contributed by atoms with Crippen LogP contribution in [0.5, 0.6) is 5.75 Å². The van der Waals surface area contributed by atoms with Crippen LogP contribution in [0, 0.1) is 6.92 Å². The average Bonchev–Trinajstić information content (AvgIpc) is 2.78. The molecule has 0 aliphatic carbocycles. The van der Waals surface area contributed by atoms with Crippen molar-refractivity contribution in [3.63, 3.8) is 0 Å². The minimum Gasteiger partial charge on any atom is -0.494 e. The second kappa shape index (κ2) is 9.92. The number of fused-ring (bicyclic) bond motifs is 1. The van der Waals surface area contributed by atoms with Gasteiger partial charge in [0.15, 0.2) is 0 Å². The van der Waals surface area contributed by atoms with Crippen LogP contribution in [0.2, 0.25) is 0 Å². The van der Waals surface area contributed by atoms with Crippen LogP contribution < -0.4 is 15.0 Å². The summed E-state index contributed by atoms with van der Waals surface area (Å²) in [4.78, 5) is 6.58. The molecule has 1 aromatic heterocycles. The fraction of sp³-hybridized carbons (Fsp3) is 0.400. The van der Waals surface area contributed by atoms with Crippen molar-refractivity contribution in [3.8, 4) is 17.1 Å². The fourth-order valence-corrected chi connectivity index (χ4v) is 3.83. The van der Waals surface area contributed by atoms with E-state index in [0.717, 1.165) is 79.2 Å². The summed E-state index contributed by atoms with van der Waals surface area (Å²) in [5.74, 6) is 1.68. The van der Waals surface area contributed by atoms with Crippen LogP contribution in [0.15, 0.2) is 57.9 Å². The van der Waals surface area contributed by atoms with Gasteiger partial charge in [0.25, 0.3) is 0 Å². The first-order valence-corrected chi connectivity index (χ1v) is 10.9. The van der Waals surface area contributed by atoms with E-state index in [9.17, 15) is 0 Å². The van der Waals surface area contributed by atoms with E-state index in [1.807, 2.05) is 25.1 Å². The molecule has 1 saturated heterocycles. The molecule has 158 valence electrons. The molecule has 4 rings (SSSR count). The maximum absolute atomic E-state index is 6.23. The molecule has 30 heavy (non-hydrogen) atoms. The molecule has 0 bridgehead atoms. The lowest BCUT2D eigenvalue weighted by Crippen LogP contribution is -3.14. The van der Waals surface area contributed by atoms with Crippen molar-refractivity contribution in [2.45, 2.75) is 20.3 Å². The summed E-state index contributed by atoms with van der Waals surface area (Å²) in [6, 6.07) is 16.4. The van der Waals surface area contributed by atoms with Crippen LogP contribution in [0.4, 0.5) is 0 Å². The number of benzene rings is 2. The van der Waals surface area contributed by atoms with Crippen molar-refractivity contribution in [2.24, 2.45) is 4.99 Å². The highest BCUT2D eigenvalue weighted by Crippen LogP contribution is 2.25. The molecular formula is C25H31N2O3+. The van der Waals surface area contributed by atoms with Gasteiger partial charge in [-0.2, -0.15) is 0 Å². The number of ether oxygens (including phenoxy) is 2. The Labute approximate surface area is 178 Å². The van der Waals surface area contributed by atoms with Crippen LogP contribution in [0.3, 0.4) is 0 Å². The number of quaternary nitrogens is 1. The Morgan fingerprint density at radius 3 is 2.60 bits per heavy atom.